The number of nitrogens with zero attached hydrogens (tertiary/aromatic N) is 1. The monoisotopic (exact) mass is 273 g/mol. The van der Waals surface area contributed by atoms with E-state index in [1.54, 1.807) is 0 Å². The van der Waals surface area contributed by atoms with Gasteiger partial charge in [-0.3, -0.25) is 0 Å². The summed E-state index contributed by atoms with van der Waals surface area (Å²) < 4.78 is 48.9. The highest BCUT2D eigenvalue weighted by Gasteiger charge is 2.41. The summed E-state index contributed by atoms with van der Waals surface area (Å²) in [5, 5.41) is 8.74. The second kappa shape index (κ2) is 3.82. The number of rotatable bonds is 1. The molecule has 2 nitrogen and oxygen atoms in total. The van der Waals surface area contributed by atoms with E-state index in [1.807, 2.05) is 0 Å². The van der Waals surface area contributed by atoms with Gasteiger partial charge in [-0.05, 0) is 22.0 Å². The Hall–Kier alpha value is -0.690. The molecular formula is C7H4BrF4NO. The maximum Gasteiger partial charge on any atom is 0.418 e. The van der Waals surface area contributed by atoms with Crippen LogP contribution in [0.3, 0.4) is 0 Å². The first-order valence-electron chi connectivity index (χ1n) is 3.38. The number of alkyl halides is 3. The van der Waals surface area contributed by atoms with E-state index in [0.717, 1.165) is 12.3 Å². The van der Waals surface area contributed by atoms with Crippen molar-refractivity contribution in [2.75, 3.05) is 0 Å². The number of halogens is 5. The SMILES string of the molecule is OC(c1cc(Br)cnc1F)C(F)(F)F. The average Bonchev–Trinajstić information content (AvgIpc) is 2.06. The van der Waals surface area contributed by atoms with E-state index in [9.17, 15) is 17.6 Å². The van der Waals surface area contributed by atoms with Crippen LogP contribution in [0.1, 0.15) is 11.7 Å². The summed E-state index contributed by atoms with van der Waals surface area (Å²) in [5.41, 5.74) is -0.896. The van der Waals surface area contributed by atoms with E-state index in [2.05, 4.69) is 20.9 Å². The summed E-state index contributed by atoms with van der Waals surface area (Å²) in [5.74, 6) is -1.34. The maximum atomic E-state index is 12.8. The summed E-state index contributed by atoms with van der Waals surface area (Å²) >= 11 is 2.82. The van der Waals surface area contributed by atoms with Crippen LogP contribution in [0.5, 0.6) is 0 Å². The molecule has 1 aromatic rings. The van der Waals surface area contributed by atoms with Gasteiger partial charge in [-0.1, -0.05) is 0 Å². The molecule has 1 N–H and O–H groups in total. The van der Waals surface area contributed by atoms with Crippen molar-refractivity contribution in [3.8, 4) is 0 Å². The highest BCUT2D eigenvalue weighted by Crippen LogP contribution is 2.33. The Labute approximate surface area is 84.7 Å². The van der Waals surface area contributed by atoms with Crippen molar-refractivity contribution in [1.82, 2.24) is 4.98 Å². The van der Waals surface area contributed by atoms with Gasteiger partial charge in [-0.25, -0.2) is 4.98 Å². The van der Waals surface area contributed by atoms with Gasteiger partial charge in [0.25, 0.3) is 0 Å². The minimum Gasteiger partial charge on any atom is -0.379 e. The van der Waals surface area contributed by atoms with Gasteiger partial charge in [0.05, 0.1) is 0 Å². The zero-order valence-corrected chi connectivity index (χ0v) is 8.10. The third-order valence-electron chi connectivity index (χ3n) is 1.44. The smallest absolute Gasteiger partial charge is 0.379 e. The normalized spacial score (nSPS) is 14.1. The Bertz CT molecular complexity index is 341. The Balaban J connectivity index is 3.12. The second-order valence-corrected chi connectivity index (χ2v) is 3.39. The van der Waals surface area contributed by atoms with Crippen LogP contribution in [0.25, 0.3) is 0 Å². The molecule has 0 fully saturated rings. The van der Waals surface area contributed by atoms with Crippen molar-refractivity contribution in [2.45, 2.75) is 12.3 Å². The van der Waals surface area contributed by atoms with Gasteiger partial charge in [-0.2, -0.15) is 17.6 Å². The van der Waals surface area contributed by atoms with Crippen molar-refractivity contribution in [2.24, 2.45) is 0 Å². The Morgan fingerprint density at radius 3 is 2.50 bits per heavy atom. The minimum absolute atomic E-state index is 0.164. The third-order valence-corrected chi connectivity index (χ3v) is 1.87. The van der Waals surface area contributed by atoms with Gasteiger partial charge in [-0.15, -0.1) is 0 Å². The van der Waals surface area contributed by atoms with Crippen molar-refractivity contribution in [3.63, 3.8) is 0 Å². The van der Waals surface area contributed by atoms with E-state index < -0.39 is 23.8 Å². The molecule has 1 rings (SSSR count). The molecule has 1 heterocycles. The molecule has 0 spiro atoms. The summed E-state index contributed by atoms with van der Waals surface area (Å²) in [6, 6.07) is 0.834. The Morgan fingerprint density at radius 1 is 1.43 bits per heavy atom. The van der Waals surface area contributed by atoms with Crippen LogP contribution in [0.15, 0.2) is 16.7 Å². The van der Waals surface area contributed by atoms with Gasteiger partial charge in [0.15, 0.2) is 6.10 Å². The molecule has 0 saturated carbocycles. The molecule has 1 unspecified atom stereocenters. The van der Waals surface area contributed by atoms with Crippen molar-refractivity contribution >= 4 is 15.9 Å². The number of hydrogen-bond acceptors (Lipinski definition) is 2. The zero-order valence-electron chi connectivity index (χ0n) is 6.52. The first kappa shape index (κ1) is 11.4. The lowest BCUT2D eigenvalue weighted by Crippen LogP contribution is -2.21. The maximum absolute atomic E-state index is 12.8. The molecule has 1 atom stereocenters. The molecule has 0 radical (unpaired) electrons. The van der Waals surface area contributed by atoms with Crippen LogP contribution in [0.2, 0.25) is 0 Å². The molecule has 0 aromatic carbocycles. The molecule has 0 aliphatic rings. The van der Waals surface area contributed by atoms with E-state index in [1.165, 1.54) is 0 Å². The van der Waals surface area contributed by atoms with E-state index in [0.29, 0.717) is 0 Å². The summed E-state index contributed by atoms with van der Waals surface area (Å²) in [4.78, 5) is 3.04. The Kier molecular flexibility index (Phi) is 3.10. The van der Waals surface area contributed by atoms with E-state index in [-0.39, 0.29) is 4.47 Å². The van der Waals surface area contributed by atoms with Crippen LogP contribution in [-0.4, -0.2) is 16.3 Å². The van der Waals surface area contributed by atoms with Crippen molar-refractivity contribution < 1.29 is 22.7 Å². The number of aromatic nitrogens is 1. The molecular weight excluding hydrogens is 270 g/mol. The van der Waals surface area contributed by atoms with Crippen LogP contribution in [-0.2, 0) is 0 Å². The van der Waals surface area contributed by atoms with Gasteiger partial charge in [0.1, 0.15) is 0 Å². The molecule has 0 aliphatic carbocycles. The highest BCUT2D eigenvalue weighted by molar-refractivity contribution is 9.10. The van der Waals surface area contributed by atoms with Gasteiger partial charge < -0.3 is 5.11 Å². The van der Waals surface area contributed by atoms with Gasteiger partial charge >= 0.3 is 6.18 Å². The van der Waals surface area contributed by atoms with Gasteiger partial charge in [0.2, 0.25) is 5.95 Å². The van der Waals surface area contributed by atoms with Crippen molar-refractivity contribution in [1.29, 1.82) is 0 Å². The summed E-state index contributed by atoms with van der Waals surface area (Å²) in [6.45, 7) is 0. The fraction of sp³-hybridized carbons (Fsp3) is 0.286. The fourth-order valence-electron chi connectivity index (χ4n) is 0.806. The molecule has 14 heavy (non-hydrogen) atoms. The molecule has 1 aromatic heterocycles. The third kappa shape index (κ3) is 2.42. The first-order chi connectivity index (χ1) is 6.32. The molecule has 0 bridgehead atoms. The first-order valence-corrected chi connectivity index (χ1v) is 4.17. The number of pyridine rings is 1. The average molecular weight is 274 g/mol. The van der Waals surface area contributed by atoms with Crippen LogP contribution in [0, 0.1) is 5.95 Å². The molecule has 7 heteroatoms. The Morgan fingerprint density at radius 2 is 2.00 bits per heavy atom. The predicted octanol–water partition coefficient (Wildman–Crippen LogP) is 2.58. The molecule has 0 amide bonds. The number of hydrogen-bond donors (Lipinski definition) is 1. The quantitative estimate of drug-likeness (QED) is 0.630. The van der Waals surface area contributed by atoms with Crippen molar-refractivity contribution in [3.05, 3.63) is 28.2 Å². The lowest BCUT2D eigenvalue weighted by atomic mass is 10.1. The number of aliphatic hydroxyl groups is 1. The molecule has 0 aliphatic heterocycles. The lowest BCUT2D eigenvalue weighted by molar-refractivity contribution is -0.207. The minimum atomic E-state index is -4.90. The summed E-state index contributed by atoms with van der Waals surface area (Å²) in [7, 11) is 0. The van der Waals surface area contributed by atoms with E-state index in [4.69, 9.17) is 5.11 Å². The number of aliphatic hydroxyl groups excluding tert-OH is 1. The van der Waals surface area contributed by atoms with Gasteiger partial charge in [0, 0.05) is 16.2 Å². The van der Waals surface area contributed by atoms with Crippen LogP contribution in [0.4, 0.5) is 17.6 Å². The largest absolute Gasteiger partial charge is 0.418 e. The predicted molar refractivity (Wildman–Crippen MR) is 42.9 cm³/mol. The fourth-order valence-corrected chi connectivity index (χ4v) is 1.16. The standard InChI is InChI=1S/C7H4BrF4NO/c8-3-1-4(6(9)13-2-3)5(14)7(10,11)12/h1-2,5,14H. The molecule has 0 saturated heterocycles. The lowest BCUT2D eigenvalue weighted by Gasteiger charge is -2.14. The van der Waals surface area contributed by atoms with Crippen LogP contribution >= 0.6 is 15.9 Å². The summed E-state index contributed by atoms with van der Waals surface area (Å²) in [6.07, 6.45) is -6.75. The highest BCUT2D eigenvalue weighted by atomic mass is 79.9. The zero-order chi connectivity index (χ0) is 10.9. The second-order valence-electron chi connectivity index (χ2n) is 2.48. The van der Waals surface area contributed by atoms with Crippen LogP contribution < -0.4 is 0 Å². The topological polar surface area (TPSA) is 33.1 Å². The molecule has 78 valence electrons. The van der Waals surface area contributed by atoms with E-state index >= 15 is 0 Å².